The summed E-state index contributed by atoms with van der Waals surface area (Å²) in [5.74, 6) is 0.852. The molecule has 3 rings (SSSR count). The van der Waals surface area contributed by atoms with Gasteiger partial charge in [-0.1, -0.05) is 33.3 Å². The van der Waals surface area contributed by atoms with Crippen molar-refractivity contribution in [3.8, 4) is 0 Å². The molecule has 0 radical (unpaired) electrons. The molecule has 3 atom stereocenters. The van der Waals surface area contributed by atoms with Crippen LogP contribution in [-0.4, -0.2) is 12.2 Å². The van der Waals surface area contributed by atoms with Crippen LogP contribution in [-0.2, 0) is 4.74 Å². The number of fused-ring (bicyclic) bond motifs is 3. The maximum atomic E-state index is 6.03. The minimum Gasteiger partial charge on any atom is -0.367 e. The minimum absolute atomic E-state index is 0.0681. The highest BCUT2D eigenvalue weighted by Crippen LogP contribution is 2.63. The van der Waals surface area contributed by atoms with Crippen LogP contribution < -0.4 is 0 Å². The van der Waals surface area contributed by atoms with Gasteiger partial charge in [-0.2, -0.15) is 0 Å². The van der Waals surface area contributed by atoms with Crippen molar-refractivity contribution in [1.82, 2.24) is 0 Å². The topological polar surface area (TPSA) is 9.23 Å². The second-order valence-corrected chi connectivity index (χ2v) is 7.51. The molecule has 3 aliphatic rings. The Kier molecular flexibility index (Phi) is 2.34. The zero-order valence-corrected chi connectivity index (χ0v) is 11.8. The summed E-state index contributed by atoms with van der Waals surface area (Å²) < 4.78 is 6.03. The van der Waals surface area contributed by atoms with E-state index in [0.717, 1.165) is 12.5 Å². The lowest BCUT2D eigenvalue weighted by Crippen LogP contribution is -2.52. The van der Waals surface area contributed by atoms with Gasteiger partial charge in [-0.15, -0.1) is 0 Å². The Morgan fingerprint density at radius 1 is 1.12 bits per heavy atom. The standard InChI is InChI=1S/C16H26O/c1-14(2)8-5-9-15(3)12(14)6-10-16(4)13(15)7-11-17-16/h7,12H,5-6,8-11H2,1-4H3/t12-,15+,16+/m1/s1. The third kappa shape index (κ3) is 1.47. The van der Waals surface area contributed by atoms with E-state index in [2.05, 4.69) is 33.8 Å². The molecule has 1 heterocycles. The Morgan fingerprint density at radius 3 is 2.65 bits per heavy atom. The normalized spacial score (nSPS) is 48.2. The zero-order chi connectivity index (χ0) is 12.3. The molecule has 2 saturated carbocycles. The van der Waals surface area contributed by atoms with E-state index in [4.69, 9.17) is 4.74 Å². The highest BCUT2D eigenvalue weighted by atomic mass is 16.5. The molecular formula is C16H26O. The van der Waals surface area contributed by atoms with Crippen LogP contribution in [0.15, 0.2) is 11.6 Å². The van der Waals surface area contributed by atoms with Crippen molar-refractivity contribution in [1.29, 1.82) is 0 Å². The first-order valence-electron chi connectivity index (χ1n) is 7.24. The van der Waals surface area contributed by atoms with Crippen LogP contribution in [0.3, 0.4) is 0 Å². The fourth-order valence-electron chi connectivity index (χ4n) is 5.22. The maximum absolute atomic E-state index is 6.03. The molecule has 0 bridgehead atoms. The summed E-state index contributed by atoms with van der Waals surface area (Å²) in [5, 5.41) is 0. The van der Waals surface area contributed by atoms with E-state index in [1.807, 2.05) is 0 Å². The molecule has 96 valence electrons. The van der Waals surface area contributed by atoms with Gasteiger partial charge in [0.1, 0.15) is 0 Å². The van der Waals surface area contributed by atoms with Gasteiger partial charge in [0.2, 0.25) is 0 Å². The van der Waals surface area contributed by atoms with Crippen LogP contribution in [0.5, 0.6) is 0 Å². The summed E-state index contributed by atoms with van der Waals surface area (Å²) in [6.07, 6.45) is 9.12. The first-order valence-corrected chi connectivity index (χ1v) is 7.24. The fourth-order valence-corrected chi connectivity index (χ4v) is 5.22. The van der Waals surface area contributed by atoms with Crippen molar-refractivity contribution in [3.63, 3.8) is 0 Å². The zero-order valence-electron chi connectivity index (χ0n) is 11.8. The summed E-state index contributed by atoms with van der Waals surface area (Å²) in [6, 6.07) is 0. The van der Waals surface area contributed by atoms with Gasteiger partial charge in [0.25, 0.3) is 0 Å². The molecule has 0 spiro atoms. The van der Waals surface area contributed by atoms with Crippen molar-refractivity contribution < 1.29 is 4.74 Å². The third-order valence-corrected chi connectivity index (χ3v) is 6.01. The van der Waals surface area contributed by atoms with Gasteiger partial charge >= 0.3 is 0 Å². The Morgan fingerprint density at radius 2 is 1.88 bits per heavy atom. The second-order valence-electron chi connectivity index (χ2n) is 7.51. The average molecular weight is 234 g/mol. The average Bonchev–Trinajstić information content (AvgIpc) is 2.60. The molecule has 0 aromatic carbocycles. The van der Waals surface area contributed by atoms with Crippen molar-refractivity contribution in [2.75, 3.05) is 6.61 Å². The van der Waals surface area contributed by atoms with E-state index in [9.17, 15) is 0 Å². The summed E-state index contributed by atoms with van der Waals surface area (Å²) in [4.78, 5) is 0. The lowest BCUT2D eigenvalue weighted by Gasteiger charge is -2.58. The van der Waals surface area contributed by atoms with E-state index in [1.54, 1.807) is 5.57 Å². The maximum Gasteiger partial charge on any atom is 0.0874 e. The molecule has 2 fully saturated rings. The molecule has 0 N–H and O–H groups in total. The molecule has 1 aliphatic heterocycles. The molecule has 2 aliphatic carbocycles. The summed E-state index contributed by atoms with van der Waals surface area (Å²) in [7, 11) is 0. The van der Waals surface area contributed by atoms with Crippen LogP contribution in [0.1, 0.15) is 59.8 Å². The van der Waals surface area contributed by atoms with Crippen molar-refractivity contribution in [3.05, 3.63) is 11.6 Å². The van der Waals surface area contributed by atoms with Crippen LogP contribution in [0.25, 0.3) is 0 Å². The smallest absolute Gasteiger partial charge is 0.0874 e. The van der Waals surface area contributed by atoms with Crippen molar-refractivity contribution >= 4 is 0 Å². The van der Waals surface area contributed by atoms with Crippen LogP contribution >= 0.6 is 0 Å². The Hall–Kier alpha value is -0.300. The predicted molar refractivity (Wildman–Crippen MR) is 70.9 cm³/mol. The fraction of sp³-hybridized carbons (Fsp3) is 0.875. The molecule has 0 unspecified atom stereocenters. The number of hydrogen-bond donors (Lipinski definition) is 0. The molecule has 1 heteroatoms. The highest BCUT2D eigenvalue weighted by molar-refractivity contribution is 5.32. The van der Waals surface area contributed by atoms with Gasteiger partial charge < -0.3 is 4.74 Å². The van der Waals surface area contributed by atoms with Crippen molar-refractivity contribution in [2.24, 2.45) is 16.7 Å². The molecule has 0 aromatic rings. The second kappa shape index (κ2) is 3.38. The third-order valence-electron chi connectivity index (χ3n) is 6.01. The van der Waals surface area contributed by atoms with Crippen LogP contribution in [0.4, 0.5) is 0 Å². The lowest BCUT2D eigenvalue weighted by atomic mass is 9.48. The first kappa shape index (κ1) is 11.8. The first-order chi connectivity index (χ1) is 7.89. The molecule has 0 saturated heterocycles. The highest BCUT2D eigenvalue weighted by Gasteiger charge is 2.56. The predicted octanol–water partition coefficient (Wildman–Crippen LogP) is 4.33. The quantitative estimate of drug-likeness (QED) is 0.567. The minimum atomic E-state index is 0.0681. The molecule has 0 amide bonds. The van der Waals surface area contributed by atoms with E-state index in [0.29, 0.717) is 10.8 Å². The molecule has 0 aromatic heterocycles. The van der Waals surface area contributed by atoms with Crippen LogP contribution in [0, 0.1) is 16.7 Å². The Labute approximate surface area is 106 Å². The van der Waals surface area contributed by atoms with Gasteiger partial charge in [-0.05, 0) is 54.9 Å². The Bertz CT molecular complexity index is 368. The molecular weight excluding hydrogens is 208 g/mol. The van der Waals surface area contributed by atoms with Gasteiger partial charge in [0.15, 0.2) is 0 Å². The Balaban J connectivity index is 2.04. The molecule has 17 heavy (non-hydrogen) atoms. The van der Waals surface area contributed by atoms with Crippen molar-refractivity contribution in [2.45, 2.75) is 65.4 Å². The van der Waals surface area contributed by atoms with E-state index in [-0.39, 0.29) is 5.60 Å². The number of rotatable bonds is 0. The largest absolute Gasteiger partial charge is 0.367 e. The summed E-state index contributed by atoms with van der Waals surface area (Å²) in [6.45, 7) is 10.6. The summed E-state index contributed by atoms with van der Waals surface area (Å²) in [5.41, 5.74) is 2.62. The van der Waals surface area contributed by atoms with E-state index in [1.165, 1.54) is 32.1 Å². The van der Waals surface area contributed by atoms with Gasteiger partial charge in [-0.3, -0.25) is 0 Å². The number of hydrogen-bond acceptors (Lipinski definition) is 1. The SMILES string of the molecule is CC1(C)CCC[C@]2(C)C3=CCO[C@@]3(C)CC[C@H]12. The van der Waals surface area contributed by atoms with Gasteiger partial charge in [-0.25, -0.2) is 0 Å². The van der Waals surface area contributed by atoms with Gasteiger partial charge in [0.05, 0.1) is 12.2 Å². The van der Waals surface area contributed by atoms with Crippen LogP contribution in [0.2, 0.25) is 0 Å². The monoisotopic (exact) mass is 234 g/mol. The van der Waals surface area contributed by atoms with Gasteiger partial charge in [0, 0.05) is 0 Å². The summed E-state index contributed by atoms with van der Waals surface area (Å²) >= 11 is 0. The molecule has 1 nitrogen and oxygen atoms in total. The van der Waals surface area contributed by atoms with E-state index >= 15 is 0 Å². The van der Waals surface area contributed by atoms with E-state index < -0.39 is 0 Å². The number of ether oxygens (including phenoxy) is 1. The lowest BCUT2D eigenvalue weighted by molar-refractivity contribution is -0.0709.